The van der Waals surface area contributed by atoms with Gasteiger partial charge >= 0.3 is 0 Å². The van der Waals surface area contributed by atoms with Crippen molar-refractivity contribution in [1.29, 1.82) is 0 Å². The lowest BCUT2D eigenvalue weighted by Crippen LogP contribution is -2.07. The number of benzene rings is 2. The summed E-state index contributed by atoms with van der Waals surface area (Å²) in [6.07, 6.45) is 0.128. The van der Waals surface area contributed by atoms with Crippen molar-refractivity contribution in [3.8, 4) is 0 Å². The first-order chi connectivity index (χ1) is 9.54. The Morgan fingerprint density at radius 1 is 1.05 bits per heavy atom. The summed E-state index contributed by atoms with van der Waals surface area (Å²) in [4.78, 5) is 12.9. The monoisotopic (exact) mass is 416 g/mol. The summed E-state index contributed by atoms with van der Waals surface area (Å²) < 4.78 is 15.3. The van der Waals surface area contributed by atoms with Crippen LogP contribution in [0.15, 0.2) is 56.3 Å². The number of hydrogen-bond donors (Lipinski definition) is 0. The molecule has 0 bridgehead atoms. The van der Waals surface area contributed by atoms with Crippen LogP contribution in [0.25, 0.3) is 0 Å². The Morgan fingerprint density at radius 3 is 2.35 bits per heavy atom. The molecule has 0 N–H and O–H groups in total. The Bertz CT molecular complexity index is 614. The van der Waals surface area contributed by atoms with Crippen LogP contribution in [0.5, 0.6) is 0 Å². The maximum absolute atomic E-state index is 13.6. The van der Waals surface area contributed by atoms with Gasteiger partial charge in [0.2, 0.25) is 0 Å². The highest BCUT2D eigenvalue weighted by Gasteiger charge is 2.09. The summed E-state index contributed by atoms with van der Waals surface area (Å²) >= 11 is 8.02. The van der Waals surface area contributed by atoms with E-state index >= 15 is 0 Å². The van der Waals surface area contributed by atoms with Crippen LogP contribution in [0.2, 0.25) is 0 Å². The molecule has 0 atom stereocenters. The molecule has 0 aliphatic carbocycles. The zero-order valence-corrected chi connectivity index (χ0v) is 14.4. The molecule has 0 aromatic heterocycles. The molecular formula is C15H11Br2FOS. The summed E-state index contributed by atoms with van der Waals surface area (Å²) in [6.45, 7) is 0. The smallest absolute Gasteiger partial charge is 0.147 e. The van der Waals surface area contributed by atoms with Crippen LogP contribution >= 0.6 is 43.6 Å². The van der Waals surface area contributed by atoms with Gasteiger partial charge in [0.15, 0.2) is 0 Å². The third kappa shape index (κ3) is 4.72. The Labute approximate surface area is 138 Å². The van der Waals surface area contributed by atoms with E-state index < -0.39 is 0 Å². The number of hydrogen-bond acceptors (Lipinski definition) is 2. The van der Waals surface area contributed by atoms with Gasteiger partial charge in [-0.3, -0.25) is 4.79 Å². The van der Waals surface area contributed by atoms with E-state index in [1.54, 1.807) is 12.1 Å². The molecule has 0 saturated heterocycles. The number of carbonyl (C=O) groups is 1. The minimum atomic E-state index is -0.346. The second-order valence-corrected chi connectivity index (χ2v) is 7.07. The normalized spacial score (nSPS) is 10.6. The SMILES string of the molecule is O=C(CSc1ccc(Br)cc1)Cc1ccc(Br)cc1F. The fourth-order valence-electron chi connectivity index (χ4n) is 1.62. The van der Waals surface area contributed by atoms with E-state index in [2.05, 4.69) is 31.9 Å². The molecule has 0 unspecified atom stereocenters. The Kier molecular flexibility index (Phi) is 5.81. The number of ketones is 1. The summed E-state index contributed by atoms with van der Waals surface area (Å²) in [5.41, 5.74) is 0.439. The molecule has 0 aliphatic rings. The van der Waals surface area contributed by atoms with Crippen molar-refractivity contribution in [3.63, 3.8) is 0 Å². The summed E-state index contributed by atoms with van der Waals surface area (Å²) in [5, 5.41) is 0. The second kappa shape index (κ2) is 7.38. The predicted molar refractivity (Wildman–Crippen MR) is 87.7 cm³/mol. The molecule has 0 aliphatic heterocycles. The molecule has 0 heterocycles. The van der Waals surface area contributed by atoms with E-state index in [0.29, 0.717) is 15.8 Å². The highest BCUT2D eigenvalue weighted by molar-refractivity contribution is 9.10. The molecule has 0 spiro atoms. The van der Waals surface area contributed by atoms with Gasteiger partial charge in [-0.2, -0.15) is 0 Å². The van der Waals surface area contributed by atoms with Crippen molar-refractivity contribution in [1.82, 2.24) is 0 Å². The average molecular weight is 418 g/mol. The molecule has 0 fully saturated rings. The van der Waals surface area contributed by atoms with Crippen molar-refractivity contribution >= 4 is 49.4 Å². The lowest BCUT2D eigenvalue weighted by atomic mass is 10.1. The van der Waals surface area contributed by atoms with Gasteiger partial charge in [0.25, 0.3) is 0 Å². The first-order valence-electron chi connectivity index (χ1n) is 5.88. The molecular weight excluding hydrogens is 407 g/mol. The van der Waals surface area contributed by atoms with Gasteiger partial charge in [0.05, 0.1) is 5.75 Å². The maximum Gasteiger partial charge on any atom is 0.147 e. The summed E-state index contributed by atoms with van der Waals surface area (Å²) in [5.74, 6) is 0.0115. The van der Waals surface area contributed by atoms with E-state index in [9.17, 15) is 9.18 Å². The summed E-state index contributed by atoms with van der Waals surface area (Å²) in [6, 6.07) is 12.5. The van der Waals surface area contributed by atoms with Crippen molar-refractivity contribution in [2.24, 2.45) is 0 Å². The molecule has 20 heavy (non-hydrogen) atoms. The molecule has 2 rings (SSSR count). The third-order valence-corrected chi connectivity index (χ3v) is 4.71. The van der Waals surface area contributed by atoms with Crippen molar-refractivity contribution < 1.29 is 9.18 Å². The van der Waals surface area contributed by atoms with E-state index in [-0.39, 0.29) is 18.0 Å². The molecule has 5 heteroatoms. The van der Waals surface area contributed by atoms with Gasteiger partial charge in [0, 0.05) is 20.3 Å². The minimum absolute atomic E-state index is 0.0131. The number of rotatable bonds is 5. The minimum Gasteiger partial charge on any atom is -0.298 e. The molecule has 104 valence electrons. The van der Waals surface area contributed by atoms with Gasteiger partial charge in [-0.25, -0.2) is 4.39 Å². The predicted octanol–water partition coefficient (Wildman–Crippen LogP) is 5.25. The van der Waals surface area contributed by atoms with Gasteiger partial charge in [-0.15, -0.1) is 11.8 Å². The highest BCUT2D eigenvalue weighted by Crippen LogP contribution is 2.22. The Morgan fingerprint density at radius 2 is 1.70 bits per heavy atom. The first-order valence-corrected chi connectivity index (χ1v) is 8.46. The van der Waals surface area contributed by atoms with Gasteiger partial charge in [-0.05, 0) is 42.0 Å². The number of Topliss-reactive ketones (excluding diaryl/α,β-unsaturated/α-hetero) is 1. The van der Waals surface area contributed by atoms with Gasteiger partial charge in [-0.1, -0.05) is 37.9 Å². The average Bonchev–Trinajstić information content (AvgIpc) is 2.41. The molecule has 0 amide bonds. The highest BCUT2D eigenvalue weighted by atomic mass is 79.9. The van der Waals surface area contributed by atoms with Crippen LogP contribution in [0, 0.1) is 5.82 Å². The molecule has 1 nitrogen and oxygen atoms in total. The largest absolute Gasteiger partial charge is 0.298 e. The van der Waals surface area contributed by atoms with E-state index in [1.807, 2.05) is 24.3 Å². The molecule has 0 saturated carbocycles. The van der Waals surface area contributed by atoms with Crippen LogP contribution < -0.4 is 0 Å². The fraction of sp³-hybridized carbons (Fsp3) is 0.133. The van der Waals surface area contributed by atoms with Crippen molar-refractivity contribution in [2.75, 3.05) is 5.75 Å². The molecule has 2 aromatic carbocycles. The number of carbonyl (C=O) groups excluding carboxylic acids is 1. The topological polar surface area (TPSA) is 17.1 Å². The zero-order valence-electron chi connectivity index (χ0n) is 10.4. The third-order valence-electron chi connectivity index (χ3n) is 2.62. The second-order valence-electron chi connectivity index (χ2n) is 4.19. The van der Waals surface area contributed by atoms with E-state index in [0.717, 1.165) is 9.37 Å². The van der Waals surface area contributed by atoms with Gasteiger partial charge in [0.1, 0.15) is 11.6 Å². The lowest BCUT2D eigenvalue weighted by molar-refractivity contribution is -0.116. The number of thioether (sulfide) groups is 1. The van der Waals surface area contributed by atoms with Crippen LogP contribution in [0.1, 0.15) is 5.56 Å². The lowest BCUT2D eigenvalue weighted by Gasteiger charge is -2.04. The fourth-order valence-corrected chi connectivity index (χ4v) is 2.98. The first kappa shape index (κ1) is 15.7. The van der Waals surface area contributed by atoms with Crippen LogP contribution in [-0.4, -0.2) is 11.5 Å². The maximum atomic E-state index is 13.6. The van der Waals surface area contributed by atoms with Crippen LogP contribution in [0.3, 0.4) is 0 Å². The zero-order chi connectivity index (χ0) is 14.5. The molecule has 0 radical (unpaired) electrons. The quantitative estimate of drug-likeness (QED) is 0.617. The Hall–Kier alpha value is -0.650. The number of halogens is 3. The standard InChI is InChI=1S/C15H11Br2FOS/c16-11-3-5-14(6-4-11)20-9-13(19)7-10-1-2-12(17)8-15(10)18/h1-6,8H,7,9H2. The van der Waals surface area contributed by atoms with E-state index in [4.69, 9.17) is 0 Å². The summed E-state index contributed by atoms with van der Waals surface area (Å²) in [7, 11) is 0. The van der Waals surface area contributed by atoms with E-state index in [1.165, 1.54) is 17.8 Å². The van der Waals surface area contributed by atoms with Gasteiger partial charge < -0.3 is 0 Å². The van der Waals surface area contributed by atoms with Crippen molar-refractivity contribution in [3.05, 3.63) is 62.8 Å². The Balaban J connectivity index is 1.90. The van der Waals surface area contributed by atoms with Crippen LogP contribution in [-0.2, 0) is 11.2 Å². The van der Waals surface area contributed by atoms with Crippen molar-refractivity contribution in [2.45, 2.75) is 11.3 Å². The van der Waals surface area contributed by atoms with Crippen LogP contribution in [0.4, 0.5) is 4.39 Å². The molecule has 2 aromatic rings.